The predicted molar refractivity (Wildman–Crippen MR) is 128 cm³/mol. The highest BCUT2D eigenvalue weighted by molar-refractivity contribution is 7.60. The molecule has 9 heteroatoms. The van der Waals surface area contributed by atoms with E-state index in [0.717, 1.165) is 18.0 Å². The van der Waals surface area contributed by atoms with Crippen LogP contribution >= 0.6 is 19.2 Å². The summed E-state index contributed by atoms with van der Waals surface area (Å²) in [6, 6.07) is 11.7. The first-order chi connectivity index (χ1) is 15.9. The highest BCUT2D eigenvalue weighted by Gasteiger charge is 2.27. The number of hydrogen-bond acceptors (Lipinski definition) is 4. The fourth-order valence-electron chi connectivity index (χ4n) is 4.09. The second kappa shape index (κ2) is 8.76. The molecule has 3 N–H and O–H groups in total. The number of nitrogens with zero attached hydrogens (tertiary/aromatic N) is 2. The molecule has 33 heavy (non-hydrogen) atoms. The molecule has 3 unspecified atom stereocenters. The Morgan fingerprint density at radius 1 is 1.15 bits per heavy atom. The van der Waals surface area contributed by atoms with Crippen LogP contribution in [0.1, 0.15) is 12.0 Å². The molecule has 2 aliphatic carbocycles. The van der Waals surface area contributed by atoms with Crippen molar-refractivity contribution in [3.8, 4) is 11.8 Å². The molecule has 0 aliphatic heterocycles. The van der Waals surface area contributed by atoms with Crippen molar-refractivity contribution >= 4 is 42.2 Å². The van der Waals surface area contributed by atoms with Crippen LogP contribution in [0.4, 0.5) is 0 Å². The Bertz CT molecular complexity index is 1410. The maximum absolute atomic E-state index is 11.5. The van der Waals surface area contributed by atoms with Gasteiger partial charge in [0, 0.05) is 12.1 Å². The topological polar surface area (TPSA) is 108 Å². The molecule has 0 radical (unpaired) electrons. The molecule has 3 atom stereocenters. The molecule has 2 aliphatic rings. The van der Waals surface area contributed by atoms with Crippen LogP contribution in [-0.2, 0) is 4.57 Å². The summed E-state index contributed by atoms with van der Waals surface area (Å²) in [7, 11) is -4.43. The number of rotatable bonds is 5. The second-order valence-corrected chi connectivity index (χ2v) is 10.1. The Labute approximate surface area is 195 Å². The molecule has 0 fully saturated rings. The molecule has 2 aromatic heterocycles. The van der Waals surface area contributed by atoms with E-state index in [9.17, 15) is 14.4 Å². The molecule has 5 rings (SSSR count). The van der Waals surface area contributed by atoms with Gasteiger partial charge >= 0.3 is 7.60 Å². The average molecular weight is 482 g/mol. The van der Waals surface area contributed by atoms with E-state index in [2.05, 4.69) is 51.4 Å². The molecule has 0 bridgehead atoms. The molecule has 0 amide bonds. The Morgan fingerprint density at radius 3 is 2.70 bits per heavy atom. The van der Waals surface area contributed by atoms with Crippen molar-refractivity contribution in [2.75, 3.05) is 0 Å². The Morgan fingerprint density at radius 2 is 1.97 bits per heavy atom. The van der Waals surface area contributed by atoms with E-state index >= 15 is 0 Å². The molecule has 0 saturated heterocycles. The lowest BCUT2D eigenvalue weighted by atomic mass is 9.81. The number of allylic oxidation sites excluding steroid dienone is 4. The largest absolute Gasteiger partial charge is 0.424 e. The van der Waals surface area contributed by atoms with Crippen molar-refractivity contribution in [1.82, 2.24) is 15.0 Å². The molecule has 2 heterocycles. The lowest BCUT2D eigenvalue weighted by Crippen LogP contribution is -2.36. The molecule has 0 saturated carbocycles. The fraction of sp³-hybridized carbons (Fsp3) is 0.167. The average Bonchev–Trinajstić information content (AvgIpc) is 3.20. The summed E-state index contributed by atoms with van der Waals surface area (Å²) in [6.07, 6.45) is 13.9. The SMILES string of the molecule is O=P(O)(O)c1cncc(Oc2nc3c([nH]2)=CC(C2C=CC(c4ccccc4)=CC2)C(Cl)C=3)c1. The molecule has 1 aromatic carbocycles. The van der Waals surface area contributed by atoms with E-state index in [0.29, 0.717) is 5.35 Å². The molecule has 7 nitrogen and oxygen atoms in total. The number of alkyl halides is 1. The fourth-order valence-corrected chi connectivity index (χ4v) is 4.98. The van der Waals surface area contributed by atoms with Gasteiger partial charge in [-0.25, -0.2) is 0 Å². The van der Waals surface area contributed by atoms with E-state index in [1.165, 1.54) is 23.4 Å². The number of ether oxygens (including phenoxy) is 1. The lowest BCUT2D eigenvalue weighted by Gasteiger charge is -2.27. The van der Waals surface area contributed by atoms with E-state index in [4.69, 9.17) is 16.3 Å². The van der Waals surface area contributed by atoms with Gasteiger partial charge in [0.1, 0.15) is 5.75 Å². The van der Waals surface area contributed by atoms with E-state index < -0.39 is 7.60 Å². The number of aromatic amines is 1. The monoisotopic (exact) mass is 481 g/mol. The van der Waals surface area contributed by atoms with Crippen molar-refractivity contribution in [3.05, 3.63) is 83.3 Å². The van der Waals surface area contributed by atoms with Crippen LogP contribution in [0.25, 0.3) is 17.7 Å². The summed E-state index contributed by atoms with van der Waals surface area (Å²) >= 11 is 6.70. The maximum atomic E-state index is 11.5. The van der Waals surface area contributed by atoms with Gasteiger partial charge in [0.15, 0.2) is 0 Å². The third-order valence-corrected chi connectivity index (χ3v) is 7.10. The molecular weight excluding hydrogens is 461 g/mol. The van der Waals surface area contributed by atoms with Gasteiger partial charge in [0.25, 0.3) is 6.01 Å². The van der Waals surface area contributed by atoms with Crippen LogP contribution in [-0.4, -0.2) is 30.1 Å². The predicted octanol–water partition coefficient (Wildman–Crippen LogP) is 2.86. The van der Waals surface area contributed by atoms with Gasteiger partial charge in [0.05, 0.1) is 27.6 Å². The number of fused-ring (bicyclic) bond motifs is 1. The summed E-state index contributed by atoms with van der Waals surface area (Å²) in [5.74, 6) is 0.507. The number of H-pyrrole nitrogens is 1. The van der Waals surface area contributed by atoms with Crippen LogP contribution in [0, 0.1) is 11.8 Å². The summed E-state index contributed by atoms with van der Waals surface area (Å²) < 4.78 is 17.1. The third kappa shape index (κ3) is 4.72. The minimum Gasteiger partial charge on any atom is -0.424 e. The summed E-state index contributed by atoms with van der Waals surface area (Å²) in [4.78, 5) is 30.0. The van der Waals surface area contributed by atoms with Crippen LogP contribution in [0.2, 0.25) is 0 Å². The zero-order chi connectivity index (χ0) is 23.0. The van der Waals surface area contributed by atoms with Crippen LogP contribution in [0.15, 0.2) is 67.0 Å². The number of halogens is 1. The van der Waals surface area contributed by atoms with Gasteiger partial charge < -0.3 is 19.5 Å². The van der Waals surface area contributed by atoms with Crippen LogP contribution in [0.3, 0.4) is 0 Å². The minimum atomic E-state index is -4.43. The number of benzene rings is 1. The summed E-state index contributed by atoms with van der Waals surface area (Å²) in [5, 5.41) is 1.04. The second-order valence-electron chi connectivity index (χ2n) is 8.01. The van der Waals surface area contributed by atoms with Crippen molar-refractivity contribution in [3.63, 3.8) is 0 Å². The smallest absolute Gasteiger partial charge is 0.357 e. The molecule has 168 valence electrons. The van der Waals surface area contributed by atoms with Crippen molar-refractivity contribution in [2.24, 2.45) is 11.8 Å². The highest BCUT2D eigenvalue weighted by atomic mass is 35.5. The van der Waals surface area contributed by atoms with Gasteiger partial charge in [-0.05, 0) is 35.6 Å². The quantitative estimate of drug-likeness (QED) is 0.382. The van der Waals surface area contributed by atoms with Gasteiger partial charge in [-0.15, -0.1) is 11.6 Å². The van der Waals surface area contributed by atoms with Crippen molar-refractivity contribution in [1.29, 1.82) is 0 Å². The first-order valence-electron chi connectivity index (χ1n) is 10.4. The van der Waals surface area contributed by atoms with Gasteiger partial charge in [0.2, 0.25) is 0 Å². The number of nitrogens with one attached hydrogen (secondary N) is 1. The molecular formula is C24H21ClN3O4P. The number of pyridine rings is 1. The Balaban J connectivity index is 1.36. The normalized spacial score (nSPS) is 22.0. The summed E-state index contributed by atoms with van der Waals surface area (Å²) in [5.41, 5.74) is 2.41. The molecule has 3 aromatic rings. The highest BCUT2D eigenvalue weighted by Crippen LogP contribution is 2.35. The van der Waals surface area contributed by atoms with Gasteiger partial charge in [-0.1, -0.05) is 54.6 Å². The summed E-state index contributed by atoms with van der Waals surface area (Å²) in [6.45, 7) is 0. The maximum Gasteiger partial charge on any atom is 0.357 e. The minimum absolute atomic E-state index is 0.0805. The number of imidazole rings is 1. The number of aromatic nitrogens is 3. The zero-order valence-corrected chi connectivity index (χ0v) is 19.0. The Hall–Kier alpha value is -2.96. The lowest BCUT2D eigenvalue weighted by molar-refractivity contribution is 0.386. The third-order valence-electron chi connectivity index (χ3n) is 5.77. The van der Waals surface area contributed by atoms with Crippen LogP contribution < -0.4 is 20.7 Å². The standard InChI is InChI=1S/C24H21ClN3O4P/c25-21-12-23-22(27-24(28-23)32-18-10-19(14-26-13-18)33(29,30)31)11-20(21)17-8-6-16(7-9-17)15-4-2-1-3-5-15/h1-8,10-14,17,20-21H,9H2,(H,27,28)(H2,29,30,31). The van der Waals surface area contributed by atoms with Crippen molar-refractivity contribution in [2.45, 2.75) is 11.8 Å². The van der Waals surface area contributed by atoms with Gasteiger partial charge in [-0.3, -0.25) is 9.55 Å². The molecule has 0 spiro atoms. The zero-order valence-electron chi connectivity index (χ0n) is 17.4. The van der Waals surface area contributed by atoms with Crippen molar-refractivity contribution < 1.29 is 19.1 Å². The van der Waals surface area contributed by atoms with E-state index in [1.54, 1.807) is 0 Å². The first-order valence-corrected chi connectivity index (χ1v) is 12.5. The Kier molecular flexibility index (Phi) is 5.81. The van der Waals surface area contributed by atoms with Crippen LogP contribution in [0.5, 0.6) is 11.8 Å². The number of hydrogen-bond donors (Lipinski definition) is 3. The first kappa shape index (κ1) is 21.9. The van der Waals surface area contributed by atoms with E-state index in [1.807, 2.05) is 24.3 Å². The van der Waals surface area contributed by atoms with Gasteiger partial charge in [-0.2, -0.15) is 4.98 Å². The van der Waals surface area contributed by atoms with E-state index in [-0.39, 0.29) is 34.3 Å².